The monoisotopic (exact) mass is 495 g/mol. The Hall–Kier alpha value is -5.28. The molecule has 0 N–H and O–H groups in total. The van der Waals surface area contributed by atoms with Crippen molar-refractivity contribution in [2.75, 3.05) is 0 Å². The molecule has 39 heavy (non-hydrogen) atoms. The molecular weight excluding hydrogens is 474 g/mol. The maximum atomic E-state index is 5.20. The minimum absolute atomic E-state index is 0.744. The van der Waals surface area contributed by atoms with Gasteiger partial charge in [0.25, 0.3) is 0 Å². The summed E-state index contributed by atoms with van der Waals surface area (Å²) < 4.78 is 2.44. The highest BCUT2D eigenvalue weighted by atomic mass is 14.9. The third-order valence-electron chi connectivity index (χ3n) is 8.09. The van der Waals surface area contributed by atoms with Crippen LogP contribution in [0.4, 0.5) is 0 Å². The van der Waals surface area contributed by atoms with Gasteiger partial charge < -0.3 is 4.40 Å². The molecule has 9 rings (SSSR count). The highest BCUT2D eigenvalue weighted by molar-refractivity contribution is 6.27. The molecule has 180 valence electrons. The Morgan fingerprint density at radius 1 is 0.462 bits per heavy atom. The van der Waals surface area contributed by atoms with Crippen molar-refractivity contribution in [1.82, 2.24) is 14.4 Å². The van der Waals surface area contributed by atoms with Crippen molar-refractivity contribution in [3.05, 3.63) is 127 Å². The molecule has 0 radical (unpaired) electrons. The molecule has 0 saturated heterocycles. The zero-order valence-electron chi connectivity index (χ0n) is 21.0. The second-order valence-electron chi connectivity index (χ2n) is 10.2. The lowest BCUT2D eigenvalue weighted by Gasteiger charge is -2.14. The van der Waals surface area contributed by atoms with E-state index in [9.17, 15) is 0 Å². The summed E-state index contributed by atoms with van der Waals surface area (Å²) in [6, 6.07) is 45.2. The zero-order valence-corrected chi connectivity index (χ0v) is 21.0. The number of hydrogen-bond acceptors (Lipinski definition) is 2. The van der Waals surface area contributed by atoms with Gasteiger partial charge in [0.15, 0.2) is 5.82 Å². The van der Waals surface area contributed by atoms with E-state index in [1.165, 1.54) is 48.9 Å². The summed E-state index contributed by atoms with van der Waals surface area (Å²) in [5.74, 6) is 0.744. The highest BCUT2D eigenvalue weighted by Gasteiger charge is 2.20. The third kappa shape index (κ3) is 2.82. The van der Waals surface area contributed by atoms with Crippen molar-refractivity contribution in [2.24, 2.45) is 0 Å². The van der Waals surface area contributed by atoms with Crippen molar-refractivity contribution >= 4 is 59.8 Å². The summed E-state index contributed by atoms with van der Waals surface area (Å²) in [6.45, 7) is 0. The first-order valence-electron chi connectivity index (χ1n) is 13.3. The van der Waals surface area contributed by atoms with Crippen LogP contribution in [0, 0.1) is 0 Å². The van der Waals surface area contributed by atoms with Crippen molar-refractivity contribution in [2.45, 2.75) is 0 Å². The molecule has 0 amide bonds. The summed E-state index contributed by atoms with van der Waals surface area (Å²) in [5.41, 5.74) is 7.73. The fourth-order valence-corrected chi connectivity index (χ4v) is 6.44. The molecule has 0 aliphatic carbocycles. The van der Waals surface area contributed by atoms with E-state index in [-0.39, 0.29) is 0 Å². The molecule has 6 aromatic carbocycles. The van der Waals surface area contributed by atoms with Gasteiger partial charge in [0, 0.05) is 38.1 Å². The van der Waals surface area contributed by atoms with Crippen molar-refractivity contribution in [3.63, 3.8) is 0 Å². The van der Waals surface area contributed by atoms with E-state index in [2.05, 4.69) is 120 Å². The average Bonchev–Trinajstić information content (AvgIpc) is 3.34. The molecule has 3 heteroatoms. The van der Waals surface area contributed by atoms with Crippen LogP contribution in [-0.4, -0.2) is 14.4 Å². The van der Waals surface area contributed by atoms with Crippen LogP contribution in [0.1, 0.15) is 0 Å². The smallest absolute Gasteiger partial charge is 0.160 e. The Balaban J connectivity index is 1.47. The van der Waals surface area contributed by atoms with Gasteiger partial charge in [-0.25, -0.2) is 9.97 Å². The van der Waals surface area contributed by atoms with Crippen LogP contribution in [0.5, 0.6) is 0 Å². The molecule has 0 atom stereocenters. The van der Waals surface area contributed by atoms with Crippen LogP contribution < -0.4 is 0 Å². The Labute approximate surface area is 223 Å². The number of pyridine rings is 1. The summed E-state index contributed by atoms with van der Waals surface area (Å²) in [5, 5.41) is 8.55. The first kappa shape index (κ1) is 20.7. The third-order valence-corrected chi connectivity index (χ3v) is 8.09. The molecule has 3 heterocycles. The topological polar surface area (TPSA) is 30.2 Å². The standard InChI is InChI=1S/C36H21N3/c1-2-10-23(11-3-1)34-27-15-4-6-17-30(27)37-36(38-34)24-20-28-25-14-5-7-18-31(25)39-32-19-9-13-22-12-8-16-26(33(22)32)29(21-24)35(28)39/h1-21H. The quantitative estimate of drug-likeness (QED) is 0.177. The van der Waals surface area contributed by atoms with Gasteiger partial charge in [0.1, 0.15) is 0 Å². The average molecular weight is 496 g/mol. The molecule has 0 unspecified atom stereocenters. The molecule has 3 aromatic heterocycles. The van der Waals surface area contributed by atoms with E-state index < -0.39 is 0 Å². The number of rotatable bonds is 2. The lowest BCUT2D eigenvalue weighted by atomic mass is 9.97. The van der Waals surface area contributed by atoms with Gasteiger partial charge >= 0.3 is 0 Å². The maximum absolute atomic E-state index is 5.20. The maximum Gasteiger partial charge on any atom is 0.160 e. The molecular formula is C36H21N3. The largest absolute Gasteiger partial charge is 0.308 e. The second kappa shape index (κ2) is 7.62. The second-order valence-corrected chi connectivity index (χ2v) is 10.2. The fraction of sp³-hybridized carbons (Fsp3) is 0. The van der Waals surface area contributed by atoms with Crippen LogP contribution in [0.25, 0.3) is 82.4 Å². The van der Waals surface area contributed by atoms with Gasteiger partial charge in [0.2, 0.25) is 0 Å². The van der Waals surface area contributed by atoms with Crippen LogP contribution in [-0.2, 0) is 0 Å². The Morgan fingerprint density at radius 3 is 2.00 bits per heavy atom. The number of nitrogens with zero attached hydrogens (tertiary/aromatic N) is 3. The van der Waals surface area contributed by atoms with E-state index in [0.29, 0.717) is 0 Å². The van der Waals surface area contributed by atoms with E-state index >= 15 is 0 Å². The number of hydrogen-bond donors (Lipinski definition) is 0. The molecule has 0 aliphatic rings. The molecule has 0 bridgehead atoms. The van der Waals surface area contributed by atoms with Crippen molar-refractivity contribution in [1.29, 1.82) is 0 Å². The van der Waals surface area contributed by atoms with Crippen molar-refractivity contribution < 1.29 is 0 Å². The van der Waals surface area contributed by atoms with E-state index in [0.717, 1.165) is 33.5 Å². The summed E-state index contributed by atoms with van der Waals surface area (Å²) in [6.07, 6.45) is 0. The van der Waals surface area contributed by atoms with E-state index in [4.69, 9.17) is 9.97 Å². The Bertz CT molecular complexity index is 2380. The molecule has 0 fully saturated rings. The van der Waals surface area contributed by atoms with Crippen LogP contribution in [0.3, 0.4) is 0 Å². The van der Waals surface area contributed by atoms with Gasteiger partial charge in [-0.05, 0) is 41.1 Å². The van der Waals surface area contributed by atoms with Gasteiger partial charge in [-0.2, -0.15) is 0 Å². The minimum Gasteiger partial charge on any atom is -0.308 e. The molecule has 0 spiro atoms. The number of para-hydroxylation sites is 2. The lowest BCUT2D eigenvalue weighted by molar-refractivity contribution is 1.23. The number of benzene rings is 6. The number of fused-ring (bicyclic) bond motifs is 6. The summed E-state index contributed by atoms with van der Waals surface area (Å²) in [7, 11) is 0. The van der Waals surface area contributed by atoms with Gasteiger partial charge in [-0.3, -0.25) is 0 Å². The summed E-state index contributed by atoms with van der Waals surface area (Å²) >= 11 is 0. The lowest BCUT2D eigenvalue weighted by Crippen LogP contribution is -1.96. The van der Waals surface area contributed by atoms with E-state index in [1.54, 1.807) is 0 Å². The van der Waals surface area contributed by atoms with Gasteiger partial charge in [-0.1, -0.05) is 97.1 Å². The highest BCUT2D eigenvalue weighted by Crippen LogP contribution is 2.42. The zero-order chi connectivity index (χ0) is 25.5. The predicted octanol–water partition coefficient (Wildman–Crippen LogP) is 9.27. The first-order chi connectivity index (χ1) is 19.3. The predicted molar refractivity (Wildman–Crippen MR) is 163 cm³/mol. The van der Waals surface area contributed by atoms with E-state index in [1.807, 2.05) is 12.1 Å². The fourth-order valence-electron chi connectivity index (χ4n) is 6.44. The summed E-state index contributed by atoms with van der Waals surface area (Å²) in [4.78, 5) is 10.3. The molecule has 0 saturated carbocycles. The molecule has 0 aliphatic heterocycles. The Morgan fingerprint density at radius 2 is 1.13 bits per heavy atom. The van der Waals surface area contributed by atoms with Crippen LogP contribution >= 0.6 is 0 Å². The molecule has 9 aromatic rings. The SMILES string of the molecule is c1ccc(-c2nc(-c3cc4c5cccc6cccc(c65)n5c6ccccc6c(c3)c45)nc3ccccc23)cc1. The molecule has 3 nitrogen and oxygen atoms in total. The van der Waals surface area contributed by atoms with Crippen molar-refractivity contribution in [3.8, 4) is 22.6 Å². The Kier molecular flexibility index (Phi) is 4.05. The first-order valence-corrected chi connectivity index (χ1v) is 13.3. The van der Waals surface area contributed by atoms with Gasteiger partial charge in [0.05, 0.1) is 27.8 Å². The van der Waals surface area contributed by atoms with Gasteiger partial charge in [-0.15, -0.1) is 0 Å². The van der Waals surface area contributed by atoms with Crippen LogP contribution in [0.2, 0.25) is 0 Å². The van der Waals surface area contributed by atoms with Crippen LogP contribution in [0.15, 0.2) is 127 Å². The number of aromatic nitrogens is 3. The minimum atomic E-state index is 0.744. The normalized spacial score (nSPS) is 12.1.